The summed E-state index contributed by atoms with van der Waals surface area (Å²) >= 11 is 3.52. The van der Waals surface area contributed by atoms with Crippen LogP contribution in [0.25, 0.3) is 0 Å². The fourth-order valence-electron chi connectivity index (χ4n) is 1.90. The van der Waals surface area contributed by atoms with Crippen molar-refractivity contribution in [1.82, 2.24) is 10.2 Å². The summed E-state index contributed by atoms with van der Waals surface area (Å²) < 4.78 is 5.61. The van der Waals surface area contributed by atoms with Gasteiger partial charge in [0, 0.05) is 6.42 Å². The Morgan fingerprint density at radius 1 is 1.00 bits per heavy atom. The number of hydrogen-bond acceptors (Lipinski definition) is 3. The lowest BCUT2D eigenvalue weighted by molar-refractivity contribution is 0.436. The molecule has 1 heterocycles. The maximum atomic E-state index is 5.61. The molecule has 0 aromatic carbocycles. The molecule has 0 aliphatic carbocycles. The fraction of sp³-hybridized carbons (Fsp3) is 0.857. The van der Waals surface area contributed by atoms with Crippen LogP contribution in [0.2, 0.25) is 0 Å². The van der Waals surface area contributed by atoms with Crippen LogP contribution in [0.1, 0.15) is 81.8 Å². The average molecular weight is 317 g/mol. The van der Waals surface area contributed by atoms with Crippen LogP contribution in [0.5, 0.6) is 0 Å². The number of alkyl halides is 1. The molecule has 4 heteroatoms. The monoisotopic (exact) mass is 316 g/mol. The van der Waals surface area contributed by atoms with E-state index in [1.165, 1.54) is 38.5 Å². The second-order valence-corrected chi connectivity index (χ2v) is 5.89. The summed E-state index contributed by atoms with van der Waals surface area (Å²) in [7, 11) is 0. The molecule has 0 N–H and O–H groups in total. The zero-order valence-electron chi connectivity index (χ0n) is 11.6. The molecule has 0 amide bonds. The average Bonchev–Trinajstić information content (AvgIpc) is 2.85. The van der Waals surface area contributed by atoms with Crippen LogP contribution >= 0.6 is 15.9 Å². The summed E-state index contributed by atoms with van der Waals surface area (Å²) in [5.41, 5.74) is 0. The van der Waals surface area contributed by atoms with Gasteiger partial charge in [-0.3, -0.25) is 0 Å². The predicted octanol–water partition coefficient (Wildman–Crippen LogP) is 5.21. The van der Waals surface area contributed by atoms with Crippen molar-refractivity contribution in [3.05, 3.63) is 11.8 Å². The molecule has 0 saturated heterocycles. The lowest BCUT2D eigenvalue weighted by Crippen LogP contribution is -1.86. The smallest absolute Gasteiger partial charge is 0.230 e. The molecular formula is C14H25BrN2O. The Hall–Kier alpha value is -0.380. The summed E-state index contributed by atoms with van der Waals surface area (Å²) in [5, 5.41) is 8.15. The van der Waals surface area contributed by atoms with Crippen molar-refractivity contribution in [1.29, 1.82) is 0 Å². The Morgan fingerprint density at radius 3 is 2.33 bits per heavy atom. The normalized spacial score (nSPS) is 12.8. The zero-order valence-corrected chi connectivity index (χ0v) is 13.2. The summed E-state index contributed by atoms with van der Waals surface area (Å²) in [4.78, 5) is 0.202. The third kappa shape index (κ3) is 5.98. The molecule has 0 fully saturated rings. The summed E-state index contributed by atoms with van der Waals surface area (Å²) in [5.74, 6) is 1.51. The van der Waals surface area contributed by atoms with E-state index in [0.29, 0.717) is 0 Å². The van der Waals surface area contributed by atoms with Gasteiger partial charge in [0.15, 0.2) is 0 Å². The van der Waals surface area contributed by atoms with Gasteiger partial charge in [0.1, 0.15) is 0 Å². The lowest BCUT2D eigenvalue weighted by Gasteiger charge is -2.00. The molecule has 0 bridgehead atoms. The van der Waals surface area contributed by atoms with Crippen molar-refractivity contribution in [3.8, 4) is 0 Å². The van der Waals surface area contributed by atoms with E-state index in [4.69, 9.17) is 4.42 Å². The van der Waals surface area contributed by atoms with Gasteiger partial charge in [-0.15, -0.1) is 10.2 Å². The molecule has 0 spiro atoms. The highest BCUT2D eigenvalue weighted by Crippen LogP contribution is 2.24. The van der Waals surface area contributed by atoms with E-state index in [1.807, 2.05) is 0 Å². The third-order valence-electron chi connectivity index (χ3n) is 3.10. The van der Waals surface area contributed by atoms with Crippen LogP contribution in [-0.4, -0.2) is 10.2 Å². The van der Waals surface area contributed by atoms with Crippen LogP contribution in [0.3, 0.4) is 0 Å². The standard InChI is InChI=1S/C14H25BrN2O/c1-3-5-6-7-8-9-10-11-13-16-17-14(18-13)12(15)4-2/h12H,3-11H2,1-2H3. The first-order valence-corrected chi connectivity index (χ1v) is 8.15. The number of hydrogen-bond donors (Lipinski definition) is 0. The topological polar surface area (TPSA) is 38.9 Å². The van der Waals surface area contributed by atoms with Gasteiger partial charge in [0.05, 0.1) is 4.83 Å². The first-order valence-electron chi connectivity index (χ1n) is 7.24. The third-order valence-corrected chi connectivity index (χ3v) is 4.14. The van der Waals surface area contributed by atoms with Crippen LogP contribution in [0, 0.1) is 0 Å². The van der Waals surface area contributed by atoms with Crippen LogP contribution in [0.4, 0.5) is 0 Å². The van der Waals surface area contributed by atoms with Gasteiger partial charge in [0.25, 0.3) is 0 Å². The largest absolute Gasteiger partial charge is 0.424 e. The second-order valence-electron chi connectivity index (χ2n) is 4.78. The van der Waals surface area contributed by atoms with Gasteiger partial charge in [0.2, 0.25) is 11.8 Å². The number of aromatic nitrogens is 2. The van der Waals surface area contributed by atoms with E-state index >= 15 is 0 Å². The van der Waals surface area contributed by atoms with Gasteiger partial charge in [-0.2, -0.15) is 0 Å². The Bertz CT molecular complexity index is 314. The minimum absolute atomic E-state index is 0.202. The Balaban J connectivity index is 2.10. The van der Waals surface area contributed by atoms with E-state index < -0.39 is 0 Å². The minimum atomic E-state index is 0.202. The van der Waals surface area contributed by atoms with Gasteiger partial charge >= 0.3 is 0 Å². The molecule has 0 saturated carbocycles. The first-order chi connectivity index (χ1) is 8.77. The van der Waals surface area contributed by atoms with Crippen molar-refractivity contribution < 1.29 is 4.42 Å². The number of rotatable bonds is 10. The molecule has 104 valence electrons. The number of aryl methyl sites for hydroxylation is 1. The number of halogens is 1. The maximum absolute atomic E-state index is 5.61. The van der Waals surface area contributed by atoms with E-state index in [1.54, 1.807) is 0 Å². The second kappa shape index (κ2) is 9.54. The molecule has 0 aliphatic rings. The Labute approximate surface area is 119 Å². The van der Waals surface area contributed by atoms with Crippen LogP contribution in [-0.2, 0) is 6.42 Å². The molecule has 1 aromatic heterocycles. The van der Waals surface area contributed by atoms with Crippen molar-refractivity contribution in [2.75, 3.05) is 0 Å². The van der Waals surface area contributed by atoms with Crippen molar-refractivity contribution in [2.24, 2.45) is 0 Å². The molecule has 1 unspecified atom stereocenters. The molecule has 1 rings (SSSR count). The molecule has 1 atom stereocenters. The molecule has 0 aliphatic heterocycles. The van der Waals surface area contributed by atoms with E-state index in [-0.39, 0.29) is 4.83 Å². The highest BCUT2D eigenvalue weighted by molar-refractivity contribution is 9.09. The van der Waals surface area contributed by atoms with Gasteiger partial charge < -0.3 is 4.42 Å². The summed E-state index contributed by atoms with van der Waals surface area (Å²) in [6.45, 7) is 4.35. The fourth-order valence-corrected chi connectivity index (χ4v) is 2.09. The zero-order chi connectivity index (χ0) is 13.2. The van der Waals surface area contributed by atoms with E-state index in [2.05, 4.69) is 40.0 Å². The molecule has 3 nitrogen and oxygen atoms in total. The molecule has 18 heavy (non-hydrogen) atoms. The molecule has 1 aromatic rings. The van der Waals surface area contributed by atoms with Crippen molar-refractivity contribution in [2.45, 2.75) is 76.5 Å². The van der Waals surface area contributed by atoms with Gasteiger partial charge in [-0.25, -0.2) is 0 Å². The summed E-state index contributed by atoms with van der Waals surface area (Å²) in [6.07, 6.45) is 11.1. The predicted molar refractivity (Wildman–Crippen MR) is 78.0 cm³/mol. The van der Waals surface area contributed by atoms with Gasteiger partial charge in [-0.1, -0.05) is 68.3 Å². The number of unbranched alkanes of at least 4 members (excludes halogenated alkanes) is 6. The minimum Gasteiger partial charge on any atom is -0.424 e. The number of nitrogens with zero attached hydrogens (tertiary/aromatic N) is 2. The molecule has 0 radical (unpaired) electrons. The maximum Gasteiger partial charge on any atom is 0.230 e. The van der Waals surface area contributed by atoms with E-state index in [0.717, 1.165) is 31.0 Å². The first kappa shape index (κ1) is 15.7. The Kier molecular flexibility index (Phi) is 8.31. The quantitative estimate of drug-likeness (QED) is 0.439. The van der Waals surface area contributed by atoms with Crippen molar-refractivity contribution in [3.63, 3.8) is 0 Å². The van der Waals surface area contributed by atoms with Crippen LogP contribution in [0.15, 0.2) is 4.42 Å². The van der Waals surface area contributed by atoms with Crippen molar-refractivity contribution >= 4 is 15.9 Å². The van der Waals surface area contributed by atoms with Crippen LogP contribution < -0.4 is 0 Å². The highest BCUT2D eigenvalue weighted by Gasteiger charge is 2.12. The lowest BCUT2D eigenvalue weighted by atomic mass is 10.1. The molecular weight excluding hydrogens is 292 g/mol. The Morgan fingerprint density at radius 2 is 1.67 bits per heavy atom. The van der Waals surface area contributed by atoms with Gasteiger partial charge in [-0.05, 0) is 12.8 Å². The summed E-state index contributed by atoms with van der Waals surface area (Å²) in [6, 6.07) is 0. The van der Waals surface area contributed by atoms with E-state index in [9.17, 15) is 0 Å². The highest BCUT2D eigenvalue weighted by atomic mass is 79.9. The SMILES string of the molecule is CCCCCCCCCc1nnc(C(Br)CC)o1.